The number of aromatic nitrogens is 2. The molecule has 0 aliphatic carbocycles. The van der Waals surface area contributed by atoms with E-state index in [1.54, 1.807) is 12.3 Å². The van der Waals surface area contributed by atoms with Crippen LogP contribution in [0.3, 0.4) is 0 Å². The lowest BCUT2D eigenvalue weighted by molar-refractivity contribution is 0.579. The van der Waals surface area contributed by atoms with E-state index in [1.165, 1.54) is 4.68 Å². The van der Waals surface area contributed by atoms with Gasteiger partial charge in [0.15, 0.2) is 0 Å². The minimum atomic E-state index is -0.275. The van der Waals surface area contributed by atoms with E-state index in [-0.39, 0.29) is 10.6 Å². The molecule has 2 atom stereocenters. The third-order valence-corrected chi connectivity index (χ3v) is 3.93. The minimum absolute atomic E-state index is 0.223. The van der Waals surface area contributed by atoms with Gasteiger partial charge in [0.2, 0.25) is 0 Å². The molecule has 1 aliphatic heterocycles. The first kappa shape index (κ1) is 14.1. The van der Waals surface area contributed by atoms with Crippen molar-refractivity contribution >= 4 is 17.3 Å². The lowest BCUT2D eigenvalue weighted by atomic mass is 10.1. The Morgan fingerprint density at radius 2 is 2.42 bits per heavy atom. The Labute approximate surface area is 117 Å². The Morgan fingerprint density at radius 3 is 3.00 bits per heavy atom. The van der Waals surface area contributed by atoms with Crippen molar-refractivity contribution in [3.63, 3.8) is 0 Å². The van der Waals surface area contributed by atoms with E-state index in [2.05, 4.69) is 23.5 Å². The molecule has 5 nitrogen and oxygen atoms in total. The summed E-state index contributed by atoms with van der Waals surface area (Å²) in [5.74, 6) is 0.446. The normalized spacial score (nSPS) is 22.8. The molecule has 0 spiro atoms. The van der Waals surface area contributed by atoms with Crippen molar-refractivity contribution in [2.75, 3.05) is 18.0 Å². The van der Waals surface area contributed by atoms with Gasteiger partial charge in [-0.1, -0.05) is 17.7 Å². The number of hydrogen-bond acceptors (Lipinski definition) is 4. The average Bonchev–Trinajstić information content (AvgIpc) is 2.77. The molecule has 2 rings (SSSR count). The summed E-state index contributed by atoms with van der Waals surface area (Å²) in [4.78, 5) is 14.2. The van der Waals surface area contributed by atoms with Crippen LogP contribution < -0.4 is 16.2 Å². The second-order valence-corrected chi connectivity index (χ2v) is 5.34. The Bertz CT molecular complexity index is 528. The van der Waals surface area contributed by atoms with E-state index < -0.39 is 0 Å². The van der Waals surface area contributed by atoms with Crippen molar-refractivity contribution in [3.05, 3.63) is 34.2 Å². The quantitative estimate of drug-likeness (QED) is 0.845. The highest BCUT2D eigenvalue weighted by Crippen LogP contribution is 2.31. The third kappa shape index (κ3) is 2.67. The number of nitrogens with two attached hydrogens (primary N) is 1. The molecular formula is C13H19ClN4O. The van der Waals surface area contributed by atoms with Crippen molar-refractivity contribution in [2.24, 2.45) is 11.7 Å². The SMILES string of the molecule is C=CCn1ncc(N2CC(CN)CC2C)c(Cl)c1=O. The fourth-order valence-electron chi connectivity index (χ4n) is 2.56. The number of allylic oxidation sites excluding steroid dienone is 1. The summed E-state index contributed by atoms with van der Waals surface area (Å²) in [5, 5.41) is 4.36. The maximum absolute atomic E-state index is 12.1. The zero-order valence-electron chi connectivity index (χ0n) is 11.1. The van der Waals surface area contributed by atoms with Crippen LogP contribution >= 0.6 is 11.6 Å². The Morgan fingerprint density at radius 1 is 1.68 bits per heavy atom. The molecule has 0 amide bonds. The summed E-state index contributed by atoms with van der Waals surface area (Å²) in [6, 6.07) is 0.322. The topological polar surface area (TPSA) is 64.2 Å². The second kappa shape index (κ2) is 5.75. The van der Waals surface area contributed by atoms with E-state index >= 15 is 0 Å². The van der Waals surface area contributed by atoms with Crippen molar-refractivity contribution in [1.29, 1.82) is 0 Å². The molecule has 1 saturated heterocycles. The van der Waals surface area contributed by atoms with Crippen LogP contribution in [-0.4, -0.2) is 28.9 Å². The number of hydrogen-bond donors (Lipinski definition) is 1. The first-order valence-corrected chi connectivity index (χ1v) is 6.79. The predicted molar refractivity (Wildman–Crippen MR) is 77.7 cm³/mol. The monoisotopic (exact) mass is 282 g/mol. The molecule has 1 aromatic rings. The van der Waals surface area contributed by atoms with Crippen molar-refractivity contribution < 1.29 is 0 Å². The Hall–Kier alpha value is -1.33. The van der Waals surface area contributed by atoms with Gasteiger partial charge in [-0.05, 0) is 25.8 Å². The Balaban J connectivity index is 2.34. The van der Waals surface area contributed by atoms with Gasteiger partial charge >= 0.3 is 0 Å². The molecule has 1 aliphatic rings. The van der Waals surface area contributed by atoms with Gasteiger partial charge in [0.25, 0.3) is 5.56 Å². The molecule has 1 aromatic heterocycles. The van der Waals surface area contributed by atoms with Gasteiger partial charge in [-0.25, -0.2) is 4.68 Å². The van der Waals surface area contributed by atoms with Gasteiger partial charge in [-0.3, -0.25) is 4.79 Å². The summed E-state index contributed by atoms with van der Waals surface area (Å²) < 4.78 is 1.31. The molecule has 2 heterocycles. The van der Waals surface area contributed by atoms with Crippen molar-refractivity contribution in [3.8, 4) is 0 Å². The summed E-state index contributed by atoms with van der Waals surface area (Å²) in [5.41, 5.74) is 6.14. The molecule has 0 bridgehead atoms. The van der Waals surface area contributed by atoms with Crippen molar-refractivity contribution in [2.45, 2.75) is 25.9 Å². The number of halogens is 1. The number of anilines is 1. The maximum Gasteiger partial charge on any atom is 0.287 e. The van der Waals surface area contributed by atoms with Gasteiger partial charge < -0.3 is 10.6 Å². The largest absolute Gasteiger partial charge is 0.366 e. The van der Waals surface area contributed by atoms with Crippen LogP contribution in [0, 0.1) is 5.92 Å². The number of nitrogens with zero attached hydrogens (tertiary/aromatic N) is 3. The zero-order valence-corrected chi connectivity index (χ0v) is 11.8. The van der Waals surface area contributed by atoms with Crippen LogP contribution in [0.5, 0.6) is 0 Å². The van der Waals surface area contributed by atoms with Crippen LogP contribution in [0.1, 0.15) is 13.3 Å². The standard InChI is InChI=1S/C13H19ClN4O/c1-3-4-18-13(19)12(14)11(7-16-18)17-8-10(6-15)5-9(17)2/h3,7,9-10H,1,4-6,8,15H2,2H3. The average molecular weight is 283 g/mol. The molecule has 0 radical (unpaired) electrons. The third-order valence-electron chi connectivity index (χ3n) is 3.57. The highest BCUT2D eigenvalue weighted by atomic mass is 35.5. The molecule has 2 N–H and O–H groups in total. The van der Waals surface area contributed by atoms with E-state index in [0.717, 1.165) is 13.0 Å². The highest BCUT2D eigenvalue weighted by molar-refractivity contribution is 6.33. The minimum Gasteiger partial charge on any atom is -0.366 e. The molecule has 6 heteroatoms. The van der Waals surface area contributed by atoms with Gasteiger partial charge in [-0.15, -0.1) is 6.58 Å². The summed E-state index contributed by atoms with van der Waals surface area (Å²) in [6.45, 7) is 7.54. The van der Waals surface area contributed by atoms with Crippen LogP contribution in [0.2, 0.25) is 5.02 Å². The summed E-state index contributed by atoms with van der Waals surface area (Å²) in [7, 11) is 0. The maximum atomic E-state index is 12.1. The molecule has 0 aromatic carbocycles. The van der Waals surface area contributed by atoms with Crippen LogP contribution in [0.25, 0.3) is 0 Å². The number of rotatable bonds is 4. The predicted octanol–water partition coefficient (Wildman–Crippen LogP) is 1.26. The van der Waals surface area contributed by atoms with E-state index in [9.17, 15) is 4.79 Å². The zero-order chi connectivity index (χ0) is 14.0. The lowest BCUT2D eigenvalue weighted by Gasteiger charge is -2.24. The van der Waals surface area contributed by atoms with Gasteiger partial charge in [-0.2, -0.15) is 5.10 Å². The fraction of sp³-hybridized carbons (Fsp3) is 0.538. The lowest BCUT2D eigenvalue weighted by Crippen LogP contribution is -2.31. The fourth-order valence-corrected chi connectivity index (χ4v) is 2.81. The van der Waals surface area contributed by atoms with Crippen molar-refractivity contribution in [1.82, 2.24) is 9.78 Å². The smallest absolute Gasteiger partial charge is 0.287 e. The second-order valence-electron chi connectivity index (χ2n) is 4.96. The molecule has 1 fully saturated rings. The molecule has 2 unspecified atom stereocenters. The molecule has 19 heavy (non-hydrogen) atoms. The highest BCUT2D eigenvalue weighted by Gasteiger charge is 2.30. The van der Waals surface area contributed by atoms with E-state index in [0.29, 0.717) is 30.7 Å². The molecular weight excluding hydrogens is 264 g/mol. The van der Waals surface area contributed by atoms with Crippen LogP contribution in [-0.2, 0) is 6.54 Å². The van der Waals surface area contributed by atoms with Crippen LogP contribution in [0.4, 0.5) is 5.69 Å². The summed E-state index contributed by atoms with van der Waals surface area (Å²) >= 11 is 6.19. The van der Waals surface area contributed by atoms with Gasteiger partial charge in [0, 0.05) is 12.6 Å². The molecule has 104 valence electrons. The molecule has 0 saturated carbocycles. The van der Waals surface area contributed by atoms with Crippen LogP contribution in [0.15, 0.2) is 23.6 Å². The first-order valence-electron chi connectivity index (χ1n) is 6.41. The first-order chi connectivity index (χ1) is 9.08. The Kier molecular flexibility index (Phi) is 4.27. The van der Waals surface area contributed by atoms with E-state index in [1.807, 2.05) is 0 Å². The van der Waals surface area contributed by atoms with Gasteiger partial charge in [0.05, 0.1) is 18.4 Å². The summed E-state index contributed by atoms with van der Waals surface area (Å²) in [6.07, 6.45) is 4.29. The van der Waals surface area contributed by atoms with E-state index in [4.69, 9.17) is 17.3 Å². The van der Waals surface area contributed by atoms with Gasteiger partial charge in [0.1, 0.15) is 5.02 Å².